The number of hydrogen-bond acceptors (Lipinski definition) is 8. The number of halogens is 3. The fourth-order valence-corrected chi connectivity index (χ4v) is 4.23. The molecule has 1 aliphatic heterocycles. The molecule has 188 valence electrons. The van der Waals surface area contributed by atoms with Crippen LogP contribution in [0.4, 0.5) is 5.69 Å². The van der Waals surface area contributed by atoms with Crippen LogP contribution in [0.5, 0.6) is 11.5 Å². The standard InChI is InChI=1S/C25H15BrCl2N2O7/c1-2-35-21-11-13(9-17(26)22(21)36-24(31)15-5-3-4-6-18(15)27)10-20-25(32)37-23(29-20)16-12-14(30(33)34)7-8-19(16)28/h3-12H,2H2,1H3/b20-10-. The number of carbonyl (C=O) groups is 2. The highest BCUT2D eigenvalue weighted by Gasteiger charge is 2.27. The number of nitrogens with zero attached hydrogens (tertiary/aromatic N) is 2. The average molecular weight is 606 g/mol. The van der Waals surface area contributed by atoms with E-state index in [1.807, 2.05) is 0 Å². The highest BCUT2D eigenvalue weighted by atomic mass is 79.9. The summed E-state index contributed by atoms with van der Waals surface area (Å²) in [5.74, 6) is -1.28. The van der Waals surface area contributed by atoms with Crippen LogP contribution in [0.3, 0.4) is 0 Å². The van der Waals surface area contributed by atoms with E-state index >= 15 is 0 Å². The fourth-order valence-electron chi connectivity index (χ4n) is 3.28. The Kier molecular flexibility index (Phi) is 7.91. The number of ether oxygens (including phenoxy) is 3. The quantitative estimate of drug-likeness (QED) is 0.0975. The third kappa shape index (κ3) is 5.82. The summed E-state index contributed by atoms with van der Waals surface area (Å²) in [4.78, 5) is 39.8. The van der Waals surface area contributed by atoms with Crippen LogP contribution < -0.4 is 9.47 Å². The van der Waals surface area contributed by atoms with E-state index in [1.165, 1.54) is 30.3 Å². The van der Waals surface area contributed by atoms with Gasteiger partial charge in [0.25, 0.3) is 5.69 Å². The van der Waals surface area contributed by atoms with Crippen molar-refractivity contribution in [1.29, 1.82) is 0 Å². The summed E-state index contributed by atoms with van der Waals surface area (Å²) in [7, 11) is 0. The lowest BCUT2D eigenvalue weighted by Gasteiger charge is -2.14. The summed E-state index contributed by atoms with van der Waals surface area (Å²) in [6, 6.07) is 13.3. The summed E-state index contributed by atoms with van der Waals surface area (Å²) in [5, 5.41) is 11.5. The van der Waals surface area contributed by atoms with Gasteiger partial charge in [-0.2, -0.15) is 0 Å². The maximum absolute atomic E-state index is 12.7. The molecule has 9 nitrogen and oxygen atoms in total. The zero-order valence-corrected chi connectivity index (χ0v) is 22.0. The lowest BCUT2D eigenvalue weighted by molar-refractivity contribution is -0.384. The second-order valence-corrected chi connectivity index (χ2v) is 9.06. The third-order valence-electron chi connectivity index (χ3n) is 4.94. The molecule has 1 aliphatic rings. The molecule has 0 atom stereocenters. The first-order valence-electron chi connectivity index (χ1n) is 10.6. The number of cyclic esters (lactones) is 1. The number of non-ortho nitro benzene ring substituents is 1. The van der Waals surface area contributed by atoms with Gasteiger partial charge < -0.3 is 14.2 Å². The Morgan fingerprint density at radius 3 is 2.62 bits per heavy atom. The van der Waals surface area contributed by atoms with Gasteiger partial charge in [-0.3, -0.25) is 10.1 Å². The van der Waals surface area contributed by atoms with Gasteiger partial charge in [0.2, 0.25) is 5.90 Å². The van der Waals surface area contributed by atoms with Gasteiger partial charge in [-0.25, -0.2) is 14.6 Å². The summed E-state index contributed by atoms with van der Waals surface area (Å²) >= 11 is 15.6. The first kappa shape index (κ1) is 26.3. The Bertz CT molecular complexity index is 1500. The van der Waals surface area contributed by atoms with Crippen LogP contribution in [0.2, 0.25) is 10.0 Å². The molecule has 0 bridgehead atoms. The molecular formula is C25H15BrCl2N2O7. The summed E-state index contributed by atoms with van der Waals surface area (Å²) in [6.07, 6.45) is 1.42. The van der Waals surface area contributed by atoms with Crippen molar-refractivity contribution >= 4 is 68.7 Å². The molecule has 1 heterocycles. The molecule has 0 aromatic heterocycles. The second kappa shape index (κ2) is 11.1. The van der Waals surface area contributed by atoms with Gasteiger partial charge in [-0.1, -0.05) is 35.3 Å². The van der Waals surface area contributed by atoms with Crippen molar-refractivity contribution < 1.29 is 28.7 Å². The molecule has 0 fully saturated rings. The van der Waals surface area contributed by atoms with Crippen LogP contribution in [0, 0.1) is 10.1 Å². The van der Waals surface area contributed by atoms with Gasteiger partial charge in [0.1, 0.15) is 0 Å². The molecule has 0 radical (unpaired) electrons. The van der Waals surface area contributed by atoms with Crippen LogP contribution in [0.1, 0.15) is 28.4 Å². The van der Waals surface area contributed by atoms with Crippen molar-refractivity contribution in [1.82, 2.24) is 0 Å². The fraction of sp³-hybridized carbons (Fsp3) is 0.0800. The van der Waals surface area contributed by atoms with Crippen molar-refractivity contribution in [2.24, 2.45) is 4.99 Å². The minimum atomic E-state index is -0.777. The lowest BCUT2D eigenvalue weighted by Crippen LogP contribution is -2.11. The first-order valence-corrected chi connectivity index (χ1v) is 12.1. The Morgan fingerprint density at radius 1 is 1.16 bits per heavy atom. The normalized spacial score (nSPS) is 13.8. The van der Waals surface area contributed by atoms with E-state index in [4.69, 9.17) is 37.4 Å². The van der Waals surface area contributed by atoms with Gasteiger partial charge in [0, 0.05) is 12.1 Å². The van der Waals surface area contributed by atoms with E-state index < -0.39 is 16.9 Å². The summed E-state index contributed by atoms with van der Waals surface area (Å²) < 4.78 is 16.8. The number of rotatable bonds is 7. The summed E-state index contributed by atoms with van der Waals surface area (Å²) in [5.41, 5.74) is 0.441. The van der Waals surface area contributed by atoms with Gasteiger partial charge in [0.05, 0.1) is 37.2 Å². The molecule has 4 rings (SSSR count). The summed E-state index contributed by atoms with van der Waals surface area (Å²) in [6.45, 7) is 2.02. The average Bonchev–Trinajstić information content (AvgIpc) is 3.21. The number of benzene rings is 3. The van der Waals surface area contributed by atoms with E-state index in [1.54, 1.807) is 37.3 Å². The van der Waals surface area contributed by atoms with E-state index in [0.717, 1.165) is 0 Å². The Hall–Kier alpha value is -3.73. The van der Waals surface area contributed by atoms with Crippen LogP contribution in [-0.2, 0) is 9.53 Å². The zero-order valence-electron chi connectivity index (χ0n) is 18.9. The Labute approximate surface area is 228 Å². The molecule has 0 aliphatic carbocycles. The zero-order chi connectivity index (χ0) is 26.7. The van der Waals surface area contributed by atoms with Crippen LogP contribution in [-0.4, -0.2) is 29.4 Å². The minimum absolute atomic E-state index is 0.0762. The SMILES string of the molecule is CCOc1cc(/C=C2\N=C(c3cc([N+](=O)[O-])ccc3Cl)OC2=O)cc(Br)c1OC(=O)c1ccccc1Cl. The highest BCUT2D eigenvalue weighted by Crippen LogP contribution is 2.39. The van der Waals surface area contributed by atoms with Gasteiger partial charge in [0.15, 0.2) is 17.2 Å². The largest absolute Gasteiger partial charge is 0.490 e. The molecule has 0 spiro atoms. The number of aliphatic imine (C=N–C) groups is 1. The van der Waals surface area contributed by atoms with Crippen molar-refractivity contribution in [3.8, 4) is 11.5 Å². The molecule has 0 unspecified atom stereocenters. The van der Waals surface area contributed by atoms with Gasteiger partial charge >= 0.3 is 11.9 Å². The predicted octanol–water partition coefficient (Wildman–Crippen LogP) is 6.63. The minimum Gasteiger partial charge on any atom is -0.490 e. The monoisotopic (exact) mass is 604 g/mol. The molecule has 0 N–H and O–H groups in total. The van der Waals surface area contributed by atoms with Crippen molar-refractivity contribution in [2.75, 3.05) is 6.61 Å². The third-order valence-corrected chi connectivity index (χ3v) is 6.18. The maximum atomic E-state index is 12.7. The Morgan fingerprint density at radius 2 is 1.92 bits per heavy atom. The number of hydrogen-bond donors (Lipinski definition) is 0. The molecule has 37 heavy (non-hydrogen) atoms. The van der Waals surface area contributed by atoms with Gasteiger partial charge in [-0.05, 0) is 64.8 Å². The highest BCUT2D eigenvalue weighted by molar-refractivity contribution is 9.10. The predicted molar refractivity (Wildman–Crippen MR) is 140 cm³/mol. The number of nitro benzene ring substituents is 1. The maximum Gasteiger partial charge on any atom is 0.363 e. The van der Waals surface area contributed by atoms with E-state index in [9.17, 15) is 19.7 Å². The molecule has 3 aromatic carbocycles. The van der Waals surface area contributed by atoms with E-state index in [0.29, 0.717) is 10.0 Å². The second-order valence-electron chi connectivity index (χ2n) is 7.39. The number of nitro groups is 1. The Balaban J connectivity index is 1.68. The van der Waals surface area contributed by atoms with Crippen molar-refractivity contribution in [3.63, 3.8) is 0 Å². The molecule has 0 amide bonds. The first-order chi connectivity index (χ1) is 17.7. The van der Waals surface area contributed by atoms with E-state index in [2.05, 4.69) is 20.9 Å². The number of esters is 2. The lowest BCUT2D eigenvalue weighted by atomic mass is 10.1. The van der Waals surface area contributed by atoms with Crippen LogP contribution in [0.25, 0.3) is 6.08 Å². The topological polar surface area (TPSA) is 117 Å². The van der Waals surface area contributed by atoms with Gasteiger partial charge in [-0.15, -0.1) is 0 Å². The molecule has 12 heteroatoms. The molecule has 0 saturated heterocycles. The van der Waals surface area contributed by atoms with Crippen LogP contribution in [0.15, 0.2) is 69.8 Å². The smallest absolute Gasteiger partial charge is 0.363 e. The van der Waals surface area contributed by atoms with Crippen LogP contribution >= 0.6 is 39.1 Å². The molecular weight excluding hydrogens is 591 g/mol. The number of carbonyl (C=O) groups excluding carboxylic acids is 2. The van der Waals surface area contributed by atoms with E-state index in [-0.39, 0.29) is 56.6 Å². The molecule has 0 saturated carbocycles. The van der Waals surface area contributed by atoms with Crippen molar-refractivity contribution in [3.05, 3.63) is 102 Å². The van der Waals surface area contributed by atoms with Crippen molar-refractivity contribution in [2.45, 2.75) is 6.92 Å². The molecule has 3 aromatic rings.